The Hall–Kier alpha value is -2.50. The zero-order valence-electron chi connectivity index (χ0n) is 16.6. The van der Waals surface area contributed by atoms with Gasteiger partial charge in [0.05, 0.1) is 23.7 Å². The number of carbonyl (C=O) groups excluding carboxylic acids is 1. The highest BCUT2D eigenvalue weighted by atomic mass is 32.1. The van der Waals surface area contributed by atoms with Crippen molar-refractivity contribution in [1.29, 1.82) is 0 Å². The van der Waals surface area contributed by atoms with Crippen LogP contribution in [0, 0.1) is 13.8 Å². The first kappa shape index (κ1) is 20.2. The van der Waals surface area contributed by atoms with Gasteiger partial charge in [0, 0.05) is 23.6 Å². The molecule has 146 valence electrons. The number of aromatic nitrogens is 1. The summed E-state index contributed by atoms with van der Waals surface area (Å²) in [5.41, 5.74) is 5.37. The van der Waals surface area contributed by atoms with E-state index >= 15 is 0 Å². The predicted octanol–water partition coefficient (Wildman–Crippen LogP) is 4.82. The Kier molecular flexibility index (Phi) is 6.95. The summed E-state index contributed by atoms with van der Waals surface area (Å²) >= 11 is 1.59. The first-order valence-electron chi connectivity index (χ1n) is 9.51. The second-order valence-electron chi connectivity index (χ2n) is 6.73. The van der Waals surface area contributed by atoms with Crippen molar-refractivity contribution in [1.82, 2.24) is 10.3 Å². The molecule has 1 amide bonds. The molecular formula is C23H26N2O2S. The lowest BCUT2D eigenvalue weighted by Crippen LogP contribution is -2.25. The summed E-state index contributed by atoms with van der Waals surface area (Å²) in [6, 6.07) is 16.3. The van der Waals surface area contributed by atoms with E-state index in [2.05, 4.69) is 41.5 Å². The number of nitrogens with one attached hydrogen (secondary N) is 1. The Balaban J connectivity index is 1.67. The minimum Gasteiger partial charge on any atom is -0.377 e. The maximum absolute atomic E-state index is 12.6. The van der Waals surface area contributed by atoms with Crippen LogP contribution >= 0.6 is 11.3 Å². The fourth-order valence-corrected chi connectivity index (χ4v) is 3.97. The van der Waals surface area contributed by atoms with E-state index in [9.17, 15) is 4.79 Å². The minimum absolute atomic E-state index is 0.00299. The van der Waals surface area contributed by atoms with Gasteiger partial charge in [-0.1, -0.05) is 54.1 Å². The van der Waals surface area contributed by atoms with Gasteiger partial charge in [0.2, 0.25) is 5.91 Å². The van der Waals surface area contributed by atoms with Crippen molar-refractivity contribution in [3.8, 4) is 11.3 Å². The molecule has 0 bridgehead atoms. The second kappa shape index (κ2) is 9.62. The summed E-state index contributed by atoms with van der Waals surface area (Å²) in [7, 11) is 0. The van der Waals surface area contributed by atoms with Gasteiger partial charge in [-0.05, 0) is 31.9 Å². The molecule has 0 unspecified atom stereocenters. The molecule has 0 saturated heterocycles. The largest absolute Gasteiger partial charge is 0.377 e. The maximum Gasteiger partial charge on any atom is 0.225 e. The summed E-state index contributed by atoms with van der Waals surface area (Å²) in [5.74, 6) is 0.00299. The van der Waals surface area contributed by atoms with Crippen molar-refractivity contribution in [2.75, 3.05) is 6.61 Å². The molecule has 0 aliphatic rings. The molecule has 0 aliphatic heterocycles. The Bertz CT molecular complexity index is 932. The van der Waals surface area contributed by atoms with Gasteiger partial charge in [-0.2, -0.15) is 0 Å². The Morgan fingerprint density at radius 1 is 1.07 bits per heavy atom. The van der Waals surface area contributed by atoms with Crippen molar-refractivity contribution >= 4 is 17.2 Å². The van der Waals surface area contributed by atoms with E-state index in [-0.39, 0.29) is 5.91 Å². The maximum atomic E-state index is 12.6. The van der Waals surface area contributed by atoms with Crippen LogP contribution in [0.1, 0.15) is 33.5 Å². The smallest absolute Gasteiger partial charge is 0.225 e. The van der Waals surface area contributed by atoms with Gasteiger partial charge < -0.3 is 10.1 Å². The van der Waals surface area contributed by atoms with Crippen LogP contribution in [0.15, 0.2) is 48.5 Å². The van der Waals surface area contributed by atoms with Crippen LogP contribution in [0.2, 0.25) is 0 Å². The molecule has 0 saturated carbocycles. The van der Waals surface area contributed by atoms with Gasteiger partial charge in [-0.3, -0.25) is 4.79 Å². The van der Waals surface area contributed by atoms with Crippen LogP contribution in [0.3, 0.4) is 0 Å². The Morgan fingerprint density at radius 2 is 1.79 bits per heavy atom. The average Bonchev–Trinajstić information content (AvgIpc) is 3.06. The number of carbonyl (C=O) groups is 1. The van der Waals surface area contributed by atoms with Gasteiger partial charge in [-0.15, -0.1) is 11.3 Å². The van der Waals surface area contributed by atoms with Crippen LogP contribution < -0.4 is 5.32 Å². The van der Waals surface area contributed by atoms with Crippen LogP contribution in [0.25, 0.3) is 11.3 Å². The number of thiazole rings is 1. The standard InChI is InChI=1S/C23H26N2O2S/c1-4-27-15-20-8-6-5-7-19(20)14-24-22(26)13-21-23(25-17(3)28-21)18-11-9-16(2)10-12-18/h5-12H,4,13-15H2,1-3H3,(H,24,26). The normalized spacial score (nSPS) is 10.8. The fourth-order valence-electron chi connectivity index (χ4n) is 3.01. The lowest BCUT2D eigenvalue weighted by atomic mass is 10.1. The topological polar surface area (TPSA) is 51.2 Å². The van der Waals surface area contributed by atoms with Crippen LogP contribution in [-0.2, 0) is 29.1 Å². The van der Waals surface area contributed by atoms with Crippen LogP contribution in [-0.4, -0.2) is 17.5 Å². The summed E-state index contributed by atoms with van der Waals surface area (Å²) in [6.07, 6.45) is 0.336. The lowest BCUT2D eigenvalue weighted by Gasteiger charge is -2.11. The number of ether oxygens (including phenoxy) is 1. The average molecular weight is 395 g/mol. The molecule has 0 atom stereocenters. The molecule has 28 heavy (non-hydrogen) atoms. The third-order valence-electron chi connectivity index (χ3n) is 4.51. The Labute approximate surface area is 170 Å². The highest BCUT2D eigenvalue weighted by Crippen LogP contribution is 2.28. The number of rotatable bonds is 8. The SMILES string of the molecule is CCOCc1ccccc1CNC(=O)Cc1sc(C)nc1-c1ccc(C)cc1. The summed E-state index contributed by atoms with van der Waals surface area (Å²) in [5, 5.41) is 4.02. The molecule has 3 rings (SSSR count). The molecule has 4 nitrogen and oxygen atoms in total. The first-order chi connectivity index (χ1) is 13.6. The predicted molar refractivity (Wildman–Crippen MR) is 114 cm³/mol. The van der Waals surface area contributed by atoms with E-state index in [1.54, 1.807) is 11.3 Å². The molecule has 0 radical (unpaired) electrons. The van der Waals surface area contributed by atoms with Crippen molar-refractivity contribution < 1.29 is 9.53 Å². The number of benzene rings is 2. The van der Waals surface area contributed by atoms with Gasteiger partial charge in [0.1, 0.15) is 0 Å². The van der Waals surface area contributed by atoms with Crippen molar-refractivity contribution in [3.63, 3.8) is 0 Å². The summed E-state index contributed by atoms with van der Waals surface area (Å²) in [6.45, 7) is 7.76. The molecule has 0 fully saturated rings. The number of hydrogen-bond acceptors (Lipinski definition) is 4. The molecular weight excluding hydrogens is 368 g/mol. The third kappa shape index (κ3) is 5.27. The lowest BCUT2D eigenvalue weighted by molar-refractivity contribution is -0.120. The fraction of sp³-hybridized carbons (Fsp3) is 0.304. The molecule has 0 aliphatic carbocycles. The highest BCUT2D eigenvalue weighted by molar-refractivity contribution is 7.12. The van der Waals surface area contributed by atoms with Gasteiger partial charge in [0.15, 0.2) is 0 Å². The quantitative estimate of drug-likeness (QED) is 0.596. The minimum atomic E-state index is 0.00299. The van der Waals surface area contributed by atoms with E-state index in [4.69, 9.17) is 4.74 Å². The summed E-state index contributed by atoms with van der Waals surface area (Å²) in [4.78, 5) is 18.2. The Morgan fingerprint density at radius 3 is 2.50 bits per heavy atom. The zero-order valence-corrected chi connectivity index (χ0v) is 17.4. The number of amides is 1. The van der Waals surface area contributed by atoms with Gasteiger partial charge >= 0.3 is 0 Å². The third-order valence-corrected chi connectivity index (χ3v) is 5.48. The van der Waals surface area contributed by atoms with Gasteiger partial charge in [0.25, 0.3) is 0 Å². The van der Waals surface area contributed by atoms with Crippen LogP contribution in [0.5, 0.6) is 0 Å². The molecule has 5 heteroatoms. The molecule has 1 N–H and O–H groups in total. The number of nitrogens with zero attached hydrogens (tertiary/aromatic N) is 1. The van der Waals surface area contributed by atoms with E-state index in [0.717, 1.165) is 32.3 Å². The molecule has 0 spiro atoms. The summed E-state index contributed by atoms with van der Waals surface area (Å²) < 4.78 is 5.52. The van der Waals surface area contributed by atoms with Gasteiger partial charge in [-0.25, -0.2) is 4.98 Å². The van der Waals surface area contributed by atoms with E-state index in [1.807, 2.05) is 38.1 Å². The van der Waals surface area contributed by atoms with Crippen molar-refractivity contribution in [2.45, 2.75) is 40.3 Å². The van der Waals surface area contributed by atoms with E-state index in [0.29, 0.717) is 26.2 Å². The highest BCUT2D eigenvalue weighted by Gasteiger charge is 2.15. The number of hydrogen-bond donors (Lipinski definition) is 1. The first-order valence-corrected chi connectivity index (χ1v) is 10.3. The molecule has 2 aromatic carbocycles. The zero-order chi connectivity index (χ0) is 19.9. The van der Waals surface area contributed by atoms with E-state index in [1.165, 1.54) is 5.56 Å². The second-order valence-corrected chi connectivity index (χ2v) is 8.02. The molecule has 1 heterocycles. The number of aryl methyl sites for hydroxylation is 2. The monoisotopic (exact) mass is 394 g/mol. The molecule has 1 aromatic heterocycles. The van der Waals surface area contributed by atoms with E-state index < -0.39 is 0 Å². The van der Waals surface area contributed by atoms with Crippen LogP contribution in [0.4, 0.5) is 0 Å². The van der Waals surface area contributed by atoms with Crippen molar-refractivity contribution in [2.24, 2.45) is 0 Å². The van der Waals surface area contributed by atoms with Crippen molar-refractivity contribution in [3.05, 3.63) is 75.1 Å². The molecule has 3 aromatic rings.